The van der Waals surface area contributed by atoms with E-state index in [1.54, 1.807) is 0 Å². The lowest BCUT2D eigenvalue weighted by Gasteiger charge is -2.32. The number of fused-ring (bicyclic) bond motifs is 2. The zero-order chi connectivity index (χ0) is 20.0. The fourth-order valence-electron chi connectivity index (χ4n) is 4.11. The first-order valence-corrected chi connectivity index (χ1v) is 10.4. The molecule has 1 fully saturated rings. The van der Waals surface area contributed by atoms with Crippen molar-refractivity contribution in [3.63, 3.8) is 0 Å². The van der Waals surface area contributed by atoms with Crippen LogP contribution in [0.25, 0.3) is 5.65 Å². The van der Waals surface area contributed by atoms with Gasteiger partial charge in [-0.2, -0.15) is 14.7 Å². The van der Waals surface area contributed by atoms with Crippen molar-refractivity contribution in [2.24, 2.45) is 0 Å². The van der Waals surface area contributed by atoms with Gasteiger partial charge in [-0.25, -0.2) is 0 Å². The fourth-order valence-corrected chi connectivity index (χ4v) is 4.11. The van der Waals surface area contributed by atoms with Crippen LogP contribution in [0.15, 0.2) is 18.2 Å². The monoisotopic (exact) mass is 393 g/mol. The molecule has 8 nitrogen and oxygen atoms in total. The van der Waals surface area contributed by atoms with Crippen molar-refractivity contribution in [3.8, 4) is 0 Å². The number of aromatic nitrogens is 6. The van der Waals surface area contributed by atoms with Crippen LogP contribution in [0.3, 0.4) is 0 Å². The quantitative estimate of drug-likeness (QED) is 0.662. The van der Waals surface area contributed by atoms with Gasteiger partial charge in [0.25, 0.3) is 0 Å². The smallest absolute Gasteiger partial charge is 0.177 e. The van der Waals surface area contributed by atoms with Crippen LogP contribution in [0, 0.1) is 0 Å². The lowest BCUT2D eigenvalue weighted by atomic mass is 9.92. The Bertz CT molecular complexity index is 1030. The molecule has 152 valence electrons. The second-order valence-electron chi connectivity index (χ2n) is 9.04. The Hall–Kier alpha value is -2.61. The molecule has 0 spiro atoms. The molecule has 3 aromatic heterocycles. The van der Waals surface area contributed by atoms with E-state index in [1.165, 1.54) is 5.56 Å². The molecule has 29 heavy (non-hydrogen) atoms. The summed E-state index contributed by atoms with van der Waals surface area (Å²) in [7, 11) is 0. The Labute approximate surface area is 170 Å². The second kappa shape index (κ2) is 7.02. The molecule has 0 unspecified atom stereocenters. The van der Waals surface area contributed by atoms with E-state index >= 15 is 0 Å². The molecule has 1 saturated heterocycles. The first-order chi connectivity index (χ1) is 14.0. The summed E-state index contributed by atoms with van der Waals surface area (Å²) in [5.41, 5.74) is 4.11. The van der Waals surface area contributed by atoms with Gasteiger partial charge in [0.15, 0.2) is 17.3 Å². The van der Waals surface area contributed by atoms with Gasteiger partial charge in [-0.05, 0) is 31.0 Å². The van der Waals surface area contributed by atoms with Crippen LogP contribution < -0.4 is 4.90 Å². The van der Waals surface area contributed by atoms with Gasteiger partial charge in [-0.1, -0.05) is 20.8 Å². The third kappa shape index (κ3) is 3.46. The fraction of sp³-hybridized carbons (Fsp3) is 0.571. The molecule has 0 saturated carbocycles. The maximum Gasteiger partial charge on any atom is 0.177 e. The minimum Gasteiger partial charge on any atom is -0.376 e. The highest BCUT2D eigenvalue weighted by atomic mass is 16.5. The number of hydrogen-bond donors (Lipinski definition) is 0. The minimum absolute atomic E-state index is 0.00603. The third-order valence-corrected chi connectivity index (χ3v) is 5.93. The summed E-state index contributed by atoms with van der Waals surface area (Å²) in [6.07, 6.45) is 2.85. The molecule has 5 heterocycles. The molecule has 0 atom stereocenters. The highest BCUT2D eigenvalue weighted by Crippen LogP contribution is 2.30. The Morgan fingerprint density at radius 1 is 1.03 bits per heavy atom. The average Bonchev–Trinajstić information content (AvgIpc) is 3.16. The summed E-state index contributed by atoms with van der Waals surface area (Å²) >= 11 is 0. The lowest BCUT2D eigenvalue weighted by molar-refractivity contribution is 0.109. The summed E-state index contributed by atoms with van der Waals surface area (Å²) in [6, 6.07) is 6.21. The maximum absolute atomic E-state index is 5.57. The highest BCUT2D eigenvalue weighted by Gasteiger charge is 2.27. The first-order valence-electron chi connectivity index (χ1n) is 10.4. The van der Waals surface area contributed by atoms with Crippen molar-refractivity contribution in [2.45, 2.75) is 58.0 Å². The molecule has 3 aromatic rings. The normalized spacial score (nSPS) is 18.2. The highest BCUT2D eigenvalue weighted by molar-refractivity contribution is 5.43. The number of ether oxygens (including phenoxy) is 1. The SMILES string of the molecule is CC(C)(C)c1ccc2nnc(C3CCN(c4cc5c(nn4)CCOC5)CC3)n2n1. The Kier molecular flexibility index (Phi) is 4.46. The van der Waals surface area contributed by atoms with E-state index in [0.717, 1.165) is 67.6 Å². The number of anilines is 1. The van der Waals surface area contributed by atoms with Gasteiger partial charge in [-0.15, -0.1) is 15.3 Å². The lowest BCUT2D eigenvalue weighted by Crippen LogP contribution is -2.34. The predicted molar refractivity (Wildman–Crippen MR) is 109 cm³/mol. The molecular weight excluding hydrogens is 366 g/mol. The first kappa shape index (κ1) is 18.4. The van der Waals surface area contributed by atoms with Crippen molar-refractivity contribution >= 4 is 11.5 Å². The summed E-state index contributed by atoms with van der Waals surface area (Å²) < 4.78 is 7.51. The molecule has 0 amide bonds. The van der Waals surface area contributed by atoms with E-state index in [1.807, 2.05) is 10.6 Å². The Morgan fingerprint density at radius 3 is 2.66 bits per heavy atom. The van der Waals surface area contributed by atoms with Gasteiger partial charge < -0.3 is 9.64 Å². The molecule has 5 rings (SSSR count). The Morgan fingerprint density at radius 2 is 1.86 bits per heavy atom. The van der Waals surface area contributed by atoms with Crippen molar-refractivity contribution < 1.29 is 4.74 Å². The molecule has 0 aromatic carbocycles. The van der Waals surface area contributed by atoms with Crippen LogP contribution in [0.2, 0.25) is 0 Å². The van der Waals surface area contributed by atoms with Crippen LogP contribution in [0.4, 0.5) is 5.82 Å². The topological polar surface area (TPSA) is 81.3 Å². The summed E-state index contributed by atoms with van der Waals surface area (Å²) in [5.74, 6) is 2.26. The number of hydrogen-bond acceptors (Lipinski definition) is 7. The molecule has 0 N–H and O–H groups in total. The van der Waals surface area contributed by atoms with Gasteiger partial charge in [0.2, 0.25) is 0 Å². The molecule has 2 aliphatic rings. The minimum atomic E-state index is -0.00603. The van der Waals surface area contributed by atoms with Crippen LogP contribution in [0.1, 0.15) is 62.3 Å². The van der Waals surface area contributed by atoms with Gasteiger partial charge in [0, 0.05) is 36.4 Å². The van der Waals surface area contributed by atoms with Gasteiger partial charge >= 0.3 is 0 Å². The molecule has 0 bridgehead atoms. The molecule has 0 radical (unpaired) electrons. The van der Waals surface area contributed by atoms with Gasteiger partial charge in [0.05, 0.1) is 24.6 Å². The van der Waals surface area contributed by atoms with Gasteiger partial charge in [-0.3, -0.25) is 0 Å². The zero-order valence-corrected chi connectivity index (χ0v) is 17.3. The zero-order valence-electron chi connectivity index (χ0n) is 17.3. The van der Waals surface area contributed by atoms with E-state index in [2.05, 4.69) is 58.2 Å². The van der Waals surface area contributed by atoms with Crippen LogP contribution >= 0.6 is 0 Å². The van der Waals surface area contributed by atoms with Crippen molar-refractivity contribution in [3.05, 3.63) is 41.0 Å². The molecular formula is C21H27N7O. The summed E-state index contributed by atoms with van der Waals surface area (Å²) in [6.45, 7) is 9.75. The predicted octanol–water partition coefficient (Wildman–Crippen LogP) is 2.67. The van der Waals surface area contributed by atoms with E-state index in [0.29, 0.717) is 12.5 Å². The largest absolute Gasteiger partial charge is 0.376 e. The Balaban J connectivity index is 1.34. The van der Waals surface area contributed by atoms with E-state index in [9.17, 15) is 0 Å². The van der Waals surface area contributed by atoms with E-state index in [-0.39, 0.29) is 5.41 Å². The van der Waals surface area contributed by atoms with Crippen LogP contribution in [-0.2, 0) is 23.2 Å². The standard InChI is InChI=1S/C21H27N7O/c1-21(2,3)17-4-5-18-23-25-20(28(18)26-17)14-6-9-27(10-7-14)19-12-15-13-29-11-8-16(15)22-24-19/h4-5,12,14H,6-11,13H2,1-3H3. The summed E-state index contributed by atoms with van der Waals surface area (Å²) in [4.78, 5) is 2.32. The third-order valence-electron chi connectivity index (χ3n) is 5.93. The van der Waals surface area contributed by atoms with Gasteiger partial charge in [0.1, 0.15) is 0 Å². The van der Waals surface area contributed by atoms with Crippen LogP contribution in [0.5, 0.6) is 0 Å². The van der Waals surface area contributed by atoms with E-state index < -0.39 is 0 Å². The number of rotatable bonds is 2. The molecule has 0 aliphatic carbocycles. The van der Waals surface area contributed by atoms with Crippen molar-refractivity contribution in [2.75, 3.05) is 24.6 Å². The van der Waals surface area contributed by atoms with E-state index in [4.69, 9.17) is 9.84 Å². The second-order valence-corrected chi connectivity index (χ2v) is 9.04. The average molecular weight is 393 g/mol. The summed E-state index contributed by atoms with van der Waals surface area (Å²) in [5, 5.41) is 22.6. The number of nitrogens with zero attached hydrogens (tertiary/aromatic N) is 7. The van der Waals surface area contributed by atoms with Crippen molar-refractivity contribution in [1.29, 1.82) is 0 Å². The molecule has 2 aliphatic heterocycles. The van der Waals surface area contributed by atoms with Crippen molar-refractivity contribution in [1.82, 2.24) is 30.0 Å². The molecule has 8 heteroatoms. The van der Waals surface area contributed by atoms with Crippen LogP contribution in [-0.4, -0.2) is 49.7 Å². The maximum atomic E-state index is 5.57. The number of piperidine rings is 1.